The molecule has 0 aromatic heterocycles. The molecule has 8 aliphatic rings. The first-order valence-electron chi connectivity index (χ1n) is 27.9. The van der Waals surface area contributed by atoms with Gasteiger partial charge in [0.05, 0.1) is 0 Å². The van der Waals surface area contributed by atoms with Crippen molar-refractivity contribution in [1.29, 1.82) is 0 Å². The van der Waals surface area contributed by atoms with Gasteiger partial charge in [-0.05, 0) is 160 Å². The van der Waals surface area contributed by atoms with Crippen LogP contribution >= 0.6 is 31.7 Å². The number of unbranched alkanes of at least 4 members (excludes halogenated alkanes) is 1. The van der Waals surface area contributed by atoms with Crippen molar-refractivity contribution in [2.75, 3.05) is 0 Å². The number of hydrogen-bond donors (Lipinski definition) is 0. The predicted octanol–water partition coefficient (Wildman–Crippen LogP) is 19.8. The Balaban J connectivity index is 1.46. The van der Waals surface area contributed by atoms with Gasteiger partial charge in [-0.1, -0.05) is 206 Å². The Hall–Kier alpha value is 1.72. The van der Waals surface area contributed by atoms with Crippen molar-refractivity contribution < 1.29 is 0 Å². The molecule has 8 saturated carbocycles. The van der Waals surface area contributed by atoms with Crippen LogP contribution in [0.1, 0.15) is 283 Å². The topological polar surface area (TPSA) is 0 Å². The second kappa shape index (κ2) is 24.3. The van der Waals surface area contributed by atoms with Crippen LogP contribution < -0.4 is 0 Å². The third kappa shape index (κ3) is 11.0. The fourth-order valence-corrected chi connectivity index (χ4v) is 43.9. The molecule has 0 spiro atoms. The Morgan fingerprint density at radius 2 is 0.517 bits per heavy atom. The molecule has 0 amide bonds. The summed E-state index contributed by atoms with van der Waals surface area (Å²) in [5.74, 6) is 0. The zero-order valence-corrected chi connectivity index (χ0v) is 42.5. The Morgan fingerprint density at radius 3 is 0.724 bits per heavy atom. The fourth-order valence-electron chi connectivity index (χ4n) is 16.1. The van der Waals surface area contributed by atoms with Crippen LogP contribution in [0.5, 0.6) is 0 Å². The van der Waals surface area contributed by atoms with E-state index in [0.717, 1.165) is 49.9 Å². The van der Waals surface area contributed by atoms with E-state index in [-0.39, 0.29) is 31.7 Å². The molecule has 8 fully saturated rings. The molecule has 0 aliphatic heterocycles. The molecule has 0 aromatic carbocycles. The fraction of sp³-hybridized carbons (Fsp3) is 1.00. The predicted molar refractivity (Wildman–Crippen MR) is 269 cm³/mol. The molecule has 1 atom stereocenters. The molecule has 0 aromatic rings. The van der Waals surface area contributed by atoms with E-state index in [1.165, 1.54) is 12.1 Å². The summed E-state index contributed by atoms with van der Waals surface area (Å²) in [6.45, 7) is 2.66. The summed E-state index contributed by atoms with van der Waals surface area (Å²) < 4.78 is 0.813. The first-order chi connectivity index (χ1) is 28.8. The molecule has 0 saturated heterocycles. The molecule has 0 heterocycles. The van der Waals surface area contributed by atoms with Gasteiger partial charge >= 0.3 is 0 Å². The van der Waals surface area contributed by atoms with Crippen molar-refractivity contribution in [3.8, 4) is 0 Å². The summed E-state index contributed by atoms with van der Waals surface area (Å²) in [6, 6.07) is 0. The lowest BCUT2D eigenvalue weighted by Gasteiger charge is -2.69. The third-order valence-corrected chi connectivity index (χ3v) is 38.5. The first kappa shape index (κ1) is 46.3. The summed E-state index contributed by atoms with van der Waals surface area (Å²) in [5.41, 5.74) is 10.4. The molecule has 0 bridgehead atoms. The van der Waals surface area contributed by atoms with Crippen molar-refractivity contribution in [2.45, 2.75) is 339 Å². The first-order valence-corrected chi connectivity index (χ1v) is 33.9. The molecule has 0 radical (unpaired) electrons. The molecule has 334 valence electrons. The van der Waals surface area contributed by atoms with E-state index in [0.29, 0.717) is 0 Å². The Morgan fingerprint density at radius 1 is 0.310 bits per heavy atom. The van der Waals surface area contributed by atoms with E-state index in [9.17, 15) is 0 Å². The van der Waals surface area contributed by atoms with Crippen molar-refractivity contribution >= 4 is 31.7 Å². The minimum absolute atomic E-state index is 0.0207. The second-order valence-corrected chi connectivity index (χ2v) is 35.3. The minimum atomic E-state index is 0.0207. The Kier molecular flexibility index (Phi) is 19.4. The van der Waals surface area contributed by atoms with E-state index in [2.05, 4.69) is 6.92 Å². The number of rotatable bonds is 16. The van der Waals surface area contributed by atoms with Gasteiger partial charge in [-0.25, -0.2) is 0 Å². The zero-order chi connectivity index (χ0) is 39.4. The highest BCUT2D eigenvalue weighted by Crippen LogP contribution is 2.94. The number of hydrogen-bond acceptors (Lipinski definition) is 0. The molecule has 58 heavy (non-hydrogen) atoms. The lowest BCUT2D eigenvalue weighted by molar-refractivity contribution is 0.458. The molecule has 1 unspecified atom stereocenters. The highest BCUT2D eigenvalue weighted by Gasteiger charge is 2.65. The average Bonchev–Trinajstić information content (AvgIpc) is 3.30. The van der Waals surface area contributed by atoms with Crippen molar-refractivity contribution in [2.24, 2.45) is 0 Å². The van der Waals surface area contributed by atoms with Gasteiger partial charge < -0.3 is 0 Å². The second-order valence-electron chi connectivity index (χ2n) is 22.3. The van der Waals surface area contributed by atoms with Crippen molar-refractivity contribution in [3.05, 3.63) is 0 Å². The van der Waals surface area contributed by atoms with Crippen LogP contribution in [0.4, 0.5) is 0 Å². The standard InChI is InChI=1S/C54H98P4/c1-2-3-44-53(55(45-28-12-4-13-29-45)46-30-14-5-15-31-46)54(56(47-32-16-6-17-33-47)48-34-18-7-19-35-48,57(49-36-20-8-21-37-49)50-38-22-9-23-39-50)58(51-40-24-10-25-41-51)52-42-26-11-27-43-52/h45-53H,2-44H2,1H3. The molecule has 8 rings (SSSR count). The summed E-state index contributed by atoms with van der Waals surface area (Å²) in [5, 5.41) is 0. The van der Waals surface area contributed by atoms with Crippen LogP contribution in [-0.4, -0.2) is 55.6 Å². The molecular weight excluding hydrogens is 772 g/mol. The van der Waals surface area contributed by atoms with Gasteiger partial charge in [-0.2, -0.15) is 0 Å². The van der Waals surface area contributed by atoms with Crippen LogP contribution in [0, 0.1) is 0 Å². The Labute approximate surface area is 368 Å². The van der Waals surface area contributed by atoms with E-state index in [1.54, 1.807) is 270 Å². The molecule has 4 heteroatoms. The maximum absolute atomic E-state index is 2.66. The highest BCUT2D eigenvalue weighted by atomic mass is 31.2. The van der Waals surface area contributed by atoms with Gasteiger partial charge in [0.25, 0.3) is 0 Å². The largest absolute Gasteiger partial charge is 0.0955 e. The van der Waals surface area contributed by atoms with Crippen molar-refractivity contribution in [1.82, 2.24) is 0 Å². The van der Waals surface area contributed by atoms with Gasteiger partial charge in [-0.3, -0.25) is 0 Å². The van der Waals surface area contributed by atoms with Crippen LogP contribution in [0.3, 0.4) is 0 Å². The van der Waals surface area contributed by atoms with Gasteiger partial charge in [0.2, 0.25) is 0 Å². The quantitative estimate of drug-likeness (QED) is 0.136. The smallest absolute Gasteiger partial charge is 0.0383 e. The van der Waals surface area contributed by atoms with Gasteiger partial charge in [0, 0.05) is 4.64 Å². The highest BCUT2D eigenvalue weighted by molar-refractivity contribution is 7.95. The van der Waals surface area contributed by atoms with Crippen molar-refractivity contribution in [3.63, 3.8) is 0 Å². The van der Waals surface area contributed by atoms with E-state index >= 15 is 0 Å². The lowest BCUT2D eigenvalue weighted by atomic mass is 9.99. The summed E-state index contributed by atoms with van der Waals surface area (Å²) in [7, 11) is 0.127. The average molecular weight is 871 g/mol. The van der Waals surface area contributed by atoms with Crippen LogP contribution in [0.2, 0.25) is 0 Å². The Bertz CT molecular complexity index is 938. The van der Waals surface area contributed by atoms with Crippen LogP contribution in [0.25, 0.3) is 0 Å². The maximum atomic E-state index is 2.66. The molecule has 0 nitrogen and oxygen atoms in total. The maximum Gasteiger partial charge on any atom is 0.0383 e. The van der Waals surface area contributed by atoms with Crippen LogP contribution in [0.15, 0.2) is 0 Å². The van der Waals surface area contributed by atoms with Crippen LogP contribution in [-0.2, 0) is 0 Å². The summed E-state index contributed by atoms with van der Waals surface area (Å²) in [6.07, 6.45) is 70.1. The van der Waals surface area contributed by atoms with E-state index < -0.39 is 0 Å². The monoisotopic (exact) mass is 871 g/mol. The van der Waals surface area contributed by atoms with Gasteiger partial charge in [0.1, 0.15) is 0 Å². The van der Waals surface area contributed by atoms with Gasteiger partial charge in [-0.15, -0.1) is 0 Å². The molecule has 8 aliphatic carbocycles. The normalized spacial score (nSPS) is 28.3. The minimum Gasteiger partial charge on any atom is -0.0955 e. The third-order valence-electron chi connectivity index (χ3n) is 18.6. The van der Waals surface area contributed by atoms with E-state index in [4.69, 9.17) is 0 Å². The zero-order valence-electron chi connectivity index (χ0n) is 38.9. The van der Waals surface area contributed by atoms with E-state index in [1.807, 2.05) is 0 Å². The summed E-state index contributed by atoms with van der Waals surface area (Å²) in [4.78, 5) is 0. The molecule has 0 N–H and O–H groups in total. The van der Waals surface area contributed by atoms with Gasteiger partial charge in [0.15, 0.2) is 0 Å². The lowest BCUT2D eigenvalue weighted by Crippen LogP contribution is -2.51. The summed E-state index contributed by atoms with van der Waals surface area (Å²) >= 11 is 0. The SMILES string of the molecule is CCCCC(P(C1CCCCC1)C1CCCCC1)C(P(C1CCCCC1)C1CCCCC1)(P(C1CCCCC1)C1CCCCC1)P(C1CCCCC1)C1CCCCC1. The molecular formula is C54H98P4.